The number of benzene rings is 1. The Labute approximate surface area is 195 Å². The van der Waals surface area contributed by atoms with Gasteiger partial charge in [0.1, 0.15) is 11.5 Å². The van der Waals surface area contributed by atoms with Gasteiger partial charge in [0.05, 0.1) is 37.6 Å². The van der Waals surface area contributed by atoms with E-state index in [4.69, 9.17) is 9.47 Å². The standard InChI is InChI=1S/C25H24N2O7/c28-19-13-15(26-5-9-33-10-6-26)1-3-17(19)21-23(30)22(25(32)24(21)31)18-4-2-16(14-20(18)29)27-7-11-34-12-8-27/h1-4,13-14,28,30H,5-12H2/b22-18-. The van der Waals surface area contributed by atoms with Gasteiger partial charge in [-0.15, -0.1) is 0 Å². The van der Waals surface area contributed by atoms with Crippen LogP contribution >= 0.6 is 0 Å². The van der Waals surface area contributed by atoms with Crippen molar-refractivity contribution in [2.24, 2.45) is 0 Å². The van der Waals surface area contributed by atoms with Crippen molar-refractivity contribution in [3.8, 4) is 5.75 Å². The first-order valence-corrected chi connectivity index (χ1v) is 11.2. The topological polar surface area (TPSA) is 117 Å². The maximum absolute atomic E-state index is 12.9. The highest BCUT2D eigenvalue weighted by Crippen LogP contribution is 2.39. The number of aliphatic hydroxyl groups excluding tert-OH is 1. The Morgan fingerprint density at radius 2 is 1.38 bits per heavy atom. The van der Waals surface area contributed by atoms with Crippen molar-refractivity contribution in [1.29, 1.82) is 0 Å². The van der Waals surface area contributed by atoms with Crippen LogP contribution in [-0.2, 0) is 23.9 Å². The molecular formula is C25H24N2O7. The van der Waals surface area contributed by atoms with Gasteiger partial charge >= 0.3 is 0 Å². The Bertz CT molecular complexity index is 1200. The van der Waals surface area contributed by atoms with E-state index in [9.17, 15) is 24.6 Å². The van der Waals surface area contributed by atoms with Crippen LogP contribution < -0.4 is 4.90 Å². The number of Topliss-reactive ketones (excluding diaryl/α,β-unsaturated/α-hetero) is 2. The molecule has 0 bridgehead atoms. The first-order valence-electron chi connectivity index (χ1n) is 11.2. The third-order valence-corrected chi connectivity index (χ3v) is 6.37. The van der Waals surface area contributed by atoms with Crippen LogP contribution in [0.25, 0.3) is 5.57 Å². The van der Waals surface area contributed by atoms with Gasteiger partial charge in [-0.1, -0.05) is 0 Å². The summed E-state index contributed by atoms with van der Waals surface area (Å²) in [7, 11) is 0. The third-order valence-electron chi connectivity index (χ3n) is 6.37. The second kappa shape index (κ2) is 8.92. The van der Waals surface area contributed by atoms with Gasteiger partial charge in [-0.2, -0.15) is 0 Å². The molecule has 0 saturated carbocycles. The average molecular weight is 464 g/mol. The molecule has 0 atom stereocenters. The molecule has 176 valence electrons. The number of anilines is 1. The Hall–Kier alpha value is -3.69. The molecule has 2 heterocycles. The van der Waals surface area contributed by atoms with E-state index in [1.54, 1.807) is 12.1 Å². The molecule has 0 unspecified atom stereocenters. The molecule has 0 radical (unpaired) electrons. The fraction of sp³-hybridized carbons (Fsp3) is 0.320. The summed E-state index contributed by atoms with van der Waals surface area (Å²) in [6.45, 7) is 4.86. The first kappa shape index (κ1) is 22.1. The zero-order valence-electron chi connectivity index (χ0n) is 18.5. The molecule has 34 heavy (non-hydrogen) atoms. The molecule has 2 N–H and O–H groups in total. The lowest BCUT2D eigenvalue weighted by Crippen LogP contribution is -2.36. The van der Waals surface area contributed by atoms with Crippen LogP contribution in [0, 0.1) is 0 Å². The fourth-order valence-electron chi connectivity index (χ4n) is 4.55. The van der Waals surface area contributed by atoms with Crippen molar-refractivity contribution in [3.05, 3.63) is 64.6 Å². The summed E-state index contributed by atoms with van der Waals surface area (Å²) in [5.41, 5.74) is 0.783. The number of rotatable bonds is 3. The molecule has 9 heteroatoms. The summed E-state index contributed by atoms with van der Waals surface area (Å²) >= 11 is 0. The number of aromatic hydroxyl groups is 1. The molecule has 2 saturated heterocycles. The molecular weight excluding hydrogens is 440 g/mol. The highest BCUT2D eigenvalue weighted by molar-refractivity contribution is 6.63. The number of ketones is 3. The number of phenols is 1. The van der Waals surface area contributed by atoms with Crippen molar-refractivity contribution < 1.29 is 34.1 Å². The predicted octanol–water partition coefficient (Wildman–Crippen LogP) is 1.30. The molecule has 4 aliphatic rings. The van der Waals surface area contributed by atoms with Crippen molar-refractivity contribution in [3.63, 3.8) is 0 Å². The number of morpholine rings is 2. The maximum atomic E-state index is 12.9. The van der Waals surface area contributed by atoms with Crippen LogP contribution in [-0.4, -0.2) is 85.1 Å². The highest BCUT2D eigenvalue weighted by atomic mass is 16.5. The molecule has 0 aromatic heterocycles. The minimum Gasteiger partial charge on any atom is -0.507 e. The summed E-state index contributed by atoms with van der Waals surface area (Å²) in [5.74, 6) is -3.24. The first-order chi connectivity index (χ1) is 16.5. The van der Waals surface area contributed by atoms with Crippen LogP contribution in [0.4, 0.5) is 5.69 Å². The summed E-state index contributed by atoms with van der Waals surface area (Å²) in [6, 6.07) is 4.71. The zero-order chi connectivity index (χ0) is 23.8. The molecule has 0 spiro atoms. The van der Waals surface area contributed by atoms with Crippen LogP contribution in [0.15, 0.2) is 59.0 Å². The Morgan fingerprint density at radius 3 is 2.00 bits per heavy atom. The number of phenolic OH excluding ortho intramolecular Hbond substituents is 1. The number of carbonyl (C=O) groups is 3. The number of nitrogens with zero attached hydrogens (tertiary/aromatic N) is 2. The fourth-order valence-corrected chi connectivity index (χ4v) is 4.55. The van der Waals surface area contributed by atoms with Gasteiger partial charge in [-0.3, -0.25) is 14.4 Å². The lowest BCUT2D eigenvalue weighted by molar-refractivity contribution is -0.130. The van der Waals surface area contributed by atoms with E-state index < -0.39 is 23.1 Å². The van der Waals surface area contributed by atoms with Crippen molar-refractivity contribution in [2.45, 2.75) is 0 Å². The molecule has 5 rings (SSSR count). The van der Waals surface area contributed by atoms with Gasteiger partial charge in [0.25, 0.3) is 0 Å². The Kier molecular flexibility index (Phi) is 5.80. The van der Waals surface area contributed by atoms with Gasteiger partial charge in [-0.05, 0) is 24.3 Å². The molecule has 2 fully saturated rings. The van der Waals surface area contributed by atoms with E-state index in [0.29, 0.717) is 58.3 Å². The summed E-state index contributed by atoms with van der Waals surface area (Å²) in [6.07, 6.45) is 4.53. The maximum Gasteiger partial charge on any atom is 0.238 e. The number of aliphatic hydroxyl groups is 1. The number of carbonyl (C=O) groups excluding carboxylic acids is 3. The van der Waals surface area contributed by atoms with Crippen molar-refractivity contribution in [1.82, 2.24) is 4.90 Å². The van der Waals surface area contributed by atoms with Crippen molar-refractivity contribution in [2.75, 3.05) is 57.5 Å². The Balaban J connectivity index is 1.48. The van der Waals surface area contributed by atoms with Gasteiger partial charge in [0.2, 0.25) is 11.6 Å². The number of allylic oxidation sites excluding steroid dienone is 6. The van der Waals surface area contributed by atoms with Crippen molar-refractivity contribution >= 4 is 28.6 Å². The smallest absolute Gasteiger partial charge is 0.238 e. The van der Waals surface area contributed by atoms with Crippen LogP contribution in [0.2, 0.25) is 0 Å². The minimum absolute atomic E-state index is 0.0419. The summed E-state index contributed by atoms with van der Waals surface area (Å²) in [4.78, 5) is 42.5. The quantitative estimate of drug-likeness (QED) is 0.504. The molecule has 9 nitrogen and oxygen atoms in total. The normalized spacial score (nSPS) is 23.8. The van der Waals surface area contributed by atoms with Crippen LogP contribution in [0.3, 0.4) is 0 Å². The third kappa shape index (κ3) is 3.82. The van der Waals surface area contributed by atoms with Gasteiger partial charge in [0, 0.05) is 60.8 Å². The number of hydrogen-bond acceptors (Lipinski definition) is 9. The summed E-state index contributed by atoms with van der Waals surface area (Å²) in [5, 5.41) is 21.5. The lowest BCUT2D eigenvalue weighted by atomic mass is 9.96. The monoisotopic (exact) mass is 464 g/mol. The SMILES string of the molecule is O=C1C(=O)/C(=C2/C=CC(N3CCOCC3)=CC2=O)C(O)=C1c1ccc(N2CCOCC2)cc1O. The van der Waals surface area contributed by atoms with Gasteiger partial charge < -0.3 is 29.5 Å². The molecule has 0 amide bonds. The van der Waals surface area contributed by atoms with E-state index in [1.807, 2.05) is 9.80 Å². The van der Waals surface area contributed by atoms with Crippen LogP contribution in [0.1, 0.15) is 5.56 Å². The number of hydrogen-bond donors (Lipinski definition) is 2. The van der Waals surface area contributed by atoms with E-state index in [0.717, 1.165) is 5.69 Å². The van der Waals surface area contributed by atoms with Gasteiger partial charge in [0.15, 0.2) is 5.78 Å². The molecule has 1 aromatic rings. The predicted molar refractivity (Wildman–Crippen MR) is 122 cm³/mol. The van der Waals surface area contributed by atoms with Gasteiger partial charge in [-0.25, -0.2) is 0 Å². The minimum atomic E-state index is -0.972. The second-order valence-electron chi connectivity index (χ2n) is 8.34. The molecule has 1 aromatic carbocycles. The van der Waals surface area contributed by atoms with E-state index in [-0.39, 0.29) is 28.0 Å². The lowest BCUT2D eigenvalue weighted by Gasteiger charge is -2.30. The largest absolute Gasteiger partial charge is 0.507 e. The molecule has 2 aliphatic carbocycles. The zero-order valence-corrected chi connectivity index (χ0v) is 18.5. The average Bonchev–Trinajstić information content (AvgIpc) is 3.08. The molecule has 2 aliphatic heterocycles. The van der Waals surface area contributed by atoms with E-state index >= 15 is 0 Å². The van der Waals surface area contributed by atoms with E-state index in [2.05, 4.69) is 0 Å². The second-order valence-corrected chi connectivity index (χ2v) is 8.34. The van der Waals surface area contributed by atoms with Crippen LogP contribution in [0.5, 0.6) is 5.75 Å². The van der Waals surface area contributed by atoms with E-state index in [1.165, 1.54) is 24.3 Å². The number of ether oxygens (including phenoxy) is 2. The highest BCUT2D eigenvalue weighted by Gasteiger charge is 2.41. The summed E-state index contributed by atoms with van der Waals surface area (Å²) < 4.78 is 10.7. The Morgan fingerprint density at radius 1 is 0.765 bits per heavy atom.